The highest BCUT2D eigenvalue weighted by Crippen LogP contribution is 2.25. The fourth-order valence-electron chi connectivity index (χ4n) is 2.06. The van der Waals surface area contributed by atoms with E-state index >= 15 is 0 Å². The third-order valence-electron chi connectivity index (χ3n) is 2.94. The second kappa shape index (κ2) is 5.64. The number of rotatable bonds is 3. The number of nitrogens with two attached hydrogens (primary N) is 1. The zero-order valence-corrected chi connectivity index (χ0v) is 10.9. The van der Waals surface area contributed by atoms with Gasteiger partial charge in [0.2, 0.25) is 5.88 Å². The minimum atomic E-state index is 0.327. The van der Waals surface area contributed by atoms with Gasteiger partial charge in [-0.1, -0.05) is 6.42 Å². The molecule has 3 nitrogen and oxygen atoms in total. The molecular formula is C12H17BrN2O. The number of pyridine rings is 1. The summed E-state index contributed by atoms with van der Waals surface area (Å²) in [5.41, 5.74) is 6.66. The zero-order valence-electron chi connectivity index (χ0n) is 9.29. The summed E-state index contributed by atoms with van der Waals surface area (Å²) in [6.07, 6.45) is 8.23. The van der Waals surface area contributed by atoms with Gasteiger partial charge < -0.3 is 10.5 Å². The fourth-order valence-corrected chi connectivity index (χ4v) is 2.44. The van der Waals surface area contributed by atoms with Gasteiger partial charge in [0.1, 0.15) is 6.10 Å². The van der Waals surface area contributed by atoms with Crippen LogP contribution in [0.2, 0.25) is 0 Å². The monoisotopic (exact) mass is 284 g/mol. The van der Waals surface area contributed by atoms with Crippen LogP contribution in [0.3, 0.4) is 0 Å². The van der Waals surface area contributed by atoms with E-state index < -0.39 is 0 Å². The van der Waals surface area contributed by atoms with Gasteiger partial charge in [-0.25, -0.2) is 4.98 Å². The lowest BCUT2D eigenvalue weighted by Crippen LogP contribution is -2.21. The number of nitrogens with zero attached hydrogens (tertiary/aromatic N) is 1. The van der Waals surface area contributed by atoms with Crippen LogP contribution in [-0.2, 0) is 6.54 Å². The average molecular weight is 285 g/mol. The Morgan fingerprint density at radius 2 is 2.12 bits per heavy atom. The van der Waals surface area contributed by atoms with Crippen molar-refractivity contribution in [2.24, 2.45) is 5.73 Å². The Hall–Kier alpha value is -0.610. The quantitative estimate of drug-likeness (QED) is 0.928. The molecular weight excluding hydrogens is 268 g/mol. The van der Waals surface area contributed by atoms with Crippen LogP contribution in [0.25, 0.3) is 0 Å². The topological polar surface area (TPSA) is 48.1 Å². The van der Waals surface area contributed by atoms with Crippen molar-refractivity contribution in [3.63, 3.8) is 0 Å². The van der Waals surface area contributed by atoms with Gasteiger partial charge >= 0.3 is 0 Å². The molecule has 2 rings (SSSR count). The molecule has 0 aliphatic heterocycles. The van der Waals surface area contributed by atoms with Crippen LogP contribution in [0.1, 0.15) is 37.7 Å². The summed E-state index contributed by atoms with van der Waals surface area (Å²) >= 11 is 3.39. The van der Waals surface area contributed by atoms with Crippen LogP contribution in [0.15, 0.2) is 16.7 Å². The third kappa shape index (κ3) is 2.95. The maximum atomic E-state index is 5.92. The first kappa shape index (κ1) is 11.9. The summed E-state index contributed by atoms with van der Waals surface area (Å²) in [5.74, 6) is 0.706. The Morgan fingerprint density at radius 1 is 1.38 bits per heavy atom. The van der Waals surface area contributed by atoms with E-state index in [0.29, 0.717) is 18.5 Å². The smallest absolute Gasteiger partial charge is 0.218 e. The lowest BCUT2D eigenvalue weighted by molar-refractivity contribution is 0.147. The molecule has 2 N–H and O–H groups in total. The number of ether oxygens (including phenoxy) is 1. The van der Waals surface area contributed by atoms with Gasteiger partial charge in [-0.2, -0.15) is 0 Å². The van der Waals surface area contributed by atoms with Crippen LogP contribution in [0.5, 0.6) is 5.88 Å². The van der Waals surface area contributed by atoms with Gasteiger partial charge in [0.15, 0.2) is 0 Å². The molecule has 0 spiro atoms. The molecule has 0 atom stereocenters. The Kier molecular flexibility index (Phi) is 4.18. The van der Waals surface area contributed by atoms with Gasteiger partial charge in [0.25, 0.3) is 0 Å². The van der Waals surface area contributed by atoms with E-state index in [0.717, 1.165) is 22.9 Å². The highest BCUT2D eigenvalue weighted by atomic mass is 79.9. The van der Waals surface area contributed by atoms with Crippen molar-refractivity contribution in [3.05, 3.63) is 22.3 Å². The van der Waals surface area contributed by atoms with Crippen LogP contribution in [0.4, 0.5) is 0 Å². The van der Waals surface area contributed by atoms with Gasteiger partial charge in [-0.15, -0.1) is 0 Å². The summed E-state index contributed by atoms with van der Waals surface area (Å²) < 4.78 is 6.87. The van der Waals surface area contributed by atoms with E-state index in [1.807, 2.05) is 6.07 Å². The van der Waals surface area contributed by atoms with Crippen molar-refractivity contribution in [1.82, 2.24) is 4.98 Å². The van der Waals surface area contributed by atoms with Crippen molar-refractivity contribution in [3.8, 4) is 5.88 Å². The van der Waals surface area contributed by atoms with Crippen molar-refractivity contribution in [2.45, 2.75) is 44.8 Å². The molecule has 1 heterocycles. The molecule has 0 saturated heterocycles. The number of hydrogen-bond donors (Lipinski definition) is 1. The maximum absolute atomic E-state index is 5.92. The molecule has 1 saturated carbocycles. The second-order valence-electron chi connectivity index (χ2n) is 4.20. The van der Waals surface area contributed by atoms with Gasteiger partial charge in [-0.3, -0.25) is 0 Å². The summed E-state index contributed by atoms with van der Waals surface area (Å²) in [6, 6.07) is 1.98. The van der Waals surface area contributed by atoms with Crippen LogP contribution in [0, 0.1) is 0 Å². The lowest BCUT2D eigenvalue weighted by Gasteiger charge is -2.23. The standard InChI is InChI=1S/C12H17BrN2O/c13-10-6-9(7-14)12(15-8-10)16-11-4-2-1-3-5-11/h6,8,11H,1-5,7,14H2. The first-order valence-electron chi connectivity index (χ1n) is 5.80. The van der Waals surface area contributed by atoms with Crippen molar-refractivity contribution in [1.29, 1.82) is 0 Å². The summed E-state index contributed by atoms with van der Waals surface area (Å²) in [4.78, 5) is 4.29. The number of aromatic nitrogens is 1. The minimum Gasteiger partial charge on any atom is -0.474 e. The maximum Gasteiger partial charge on any atom is 0.218 e. The van der Waals surface area contributed by atoms with Crippen molar-refractivity contribution in [2.75, 3.05) is 0 Å². The molecule has 1 aromatic rings. The molecule has 1 aliphatic carbocycles. The average Bonchev–Trinajstić information content (AvgIpc) is 2.33. The molecule has 1 fully saturated rings. The summed E-state index contributed by atoms with van der Waals surface area (Å²) in [7, 11) is 0. The van der Waals surface area contributed by atoms with E-state index in [1.165, 1.54) is 19.3 Å². The molecule has 16 heavy (non-hydrogen) atoms. The Balaban J connectivity index is 2.07. The molecule has 0 unspecified atom stereocenters. The molecule has 4 heteroatoms. The predicted octanol–water partition coefficient (Wildman–Crippen LogP) is 3.01. The van der Waals surface area contributed by atoms with Gasteiger partial charge in [0.05, 0.1) is 0 Å². The molecule has 0 amide bonds. The fraction of sp³-hybridized carbons (Fsp3) is 0.583. The highest BCUT2D eigenvalue weighted by Gasteiger charge is 2.16. The largest absolute Gasteiger partial charge is 0.474 e. The van der Waals surface area contributed by atoms with Crippen LogP contribution < -0.4 is 10.5 Å². The predicted molar refractivity (Wildman–Crippen MR) is 67.3 cm³/mol. The molecule has 88 valence electrons. The van der Waals surface area contributed by atoms with E-state index in [4.69, 9.17) is 10.5 Å². The van der Waals surface area contributed by atoms with Gasteiger partial charge in [-0.05, 0) is 47.7 Å². The Labute approximate surface area is 105 Å². The molecule has 0 radical (unpaired) electrons. The third-order valence-corrected chi connectivity index (χ3v) is 3.38. The second-order valence-corrected chi connectivity index (χ2v) is 5.12. The Bertz CT molecular complexity index is 351. The zero-order chi connectivity index (χ0) is 11.4. The van der Waals surface area contributed by atoms with Crippen molar-refractivity contribution < 1.29 is 4.74 Å². The van der Waals surface area contributed by atoms with E-state index in [2.05, 4.69) is 20.9 Å². The number of halogens is 1. The first-order valence-corrected chi connectivity index (χ1v) is 6.60. The SMILES string of the molecule is NCc1cc(Br)cnc1OC1CCCCC1. The summed E-state index contributed by atoms with van der Waals surface area (Å²) in [6.45, 7) is 0.467. The molecule has 1 aliphatic rings. The normalized spacial score (nSPS) is 17.4. The Morgan fingerprint density at radius 3 is 2.81 bits per heavy atom. The van der Waals surface area contributed by atoms with E-state index in [1.54, 1.807) is 6.20 Å². The number of hydrogen-bond acceptors (Lipinski definition) is 3. The van der Waals surface area contributed by atoms with Gasteiger partial charge in [0, 0.05) is 22.8 Å². The van der Waals surface area contributed by atoms with Crippen LogP contribution >= 0.6 is 15.9 Å². The van der Waals surface area contributed by atoms with E-state index in [9.17, 15) is 0 Å². The highest BCUT2D eigenvalue weighted by molar-refractivity contribution is 9.10. The first-order chi connectivity index (χ1) is 7.79. The lowest BCUT2D eigenvalue weighted by atomic mass is 9.98. The minimum absolute atomic E-state index is 0.327. The molecule has 1 aromatic heterocycles. The van der Waals surface area contributed by atoms with Crippen molar-refractivity contribution >= 4 is 15.9 Å². The molecule has 0 bridgehead atoms. The van der Waals surface area contributed by atoms with E-state index in [-0.39, 0.29) is 0 Å². The summed E-state index contributed by atoms with van der Waals surface area (Å²) in [5, 5.41) is 0. The molecule has 0 aromatic carbocycles. The van der Waals surface area contributed by atoms with Crippen LogP contribution in [-0.4, -0.2) is 11.1 Å².